The molecule has 168 valence electrons. The zero-order valence-corrected chi connectivity index (χ0v) is 18.4. The predicted molar refractivity (Wildman–Crippen MR) is 125 cm³/mol. The summed E-state index contributed by atoms with van der Waals surface area (Å²) < 4.78 is 5.47. The summed E-state index contributed by atoms with van der Waals surface area (Å²) in [4.78, 5) is 19.7. The lowest BCUT2D eigenvalue weighted by atomic mass is 9.90. The molecule has 2 fully saturated rings. The minimum atomic E-state index is 0.219. The van der Waals surface area contributed by atoms with Gasteiger partial charge in [0.05, 0.1) is 10.9 Å². The van der Waals surface area contributed by atoms with E-state index in [4.69, 9.17) is 4.74 Å². The number of carbonyl (C=O) groups excluding carboxylic acids is 1. The van der Waals surface area contributed by atoms with E-state index in [0.29, 0.717) is 24.8 Å². The molecule has 0 unspecified atom stereocenters. The fourth-order valence-corrected chi connectivity index (χ4v) is 4.94. The highest BCUT2D eigenvalue weighted by atomic mass is 16.5. The highest BCUT2D eigenvalue weighted by molar-refractivity contribution is 5.92. The van der Waals surface area contributed by atoms with Gasteiger partial charge in [0.25, 0.3) is 0 Å². The van der Waals surface area contributed by atoms with Gasteiger partial charge in [-0.25, -0.2) is 4.98 Å². The predicted octanol–water partition coefficient (Wildman–Crippen LogP) is 3.89. The molecular weight excluding hydrogens is 402 g/mol. The highest BCUT2D eigenvalue weighted by Gasteiger charge is 2.25. The molecule has 2 aliphatic rings. The Balaban J connectivity index is 1.25. The van der Waals surface area contributed by atoms with E-state index >= 15 is 0 Å². The van der Waals surface area contributed by atoms with Crippen molar-refractivity contribution in [1.29, 1.82) is 0 Å². The number of carbonyl (C=O) groups is 1. The van der Waals surface area contributed by atoms with Gasteiger partial charge in [-0.05, 0) is 43.7 Å². The van der Waals surface area contributed by atoms with Crippen LogP contribution in [-0.4, -0.2) is 58.3 Å². The number of fused-ring (bicyclic) bond motifs is 1. The van der Waals surface area contributed by atoms with E-state index < -0.39 is 0 Å². The van der Waals surface area contributed by atoms with Crippen molar-refractivity contribution < 1.29 is 9.53 Å². The van der Waals surface area contributed by atoms with Crippen LogP contribution in [0.15, 0.2) is 42.6 Å². The number of pyridine rings is 1. The van der Waals surface area contributed by atoms with Crippen molar-refractivity contribution >= 4 is 22.6 Å². The molecule has 0 bridgehead atoms. The van der Waals surface area contributed by atoms with Gasteiger partial charge >= 0.3 is 0 Å². The van der Waals surface area contributed by atoms with Crippen LogP contribution in [0.5, 0.6) is 0 Å². The van der Waals surface area contributed by atoms with E-state index in [-0.39, 0.29) is 5.91 Å². The quantitative estimate of drug-likeness (QED) is 0.616. The van der Waals surface area contributed by atoms with Crippen molar-refractivity contribution in [3.05, 3.63) is 53.9 Å². The van der Waals surface area contributed by atoms with Crippen LogP contribution >= 0.6 is 0 Å². The van der Waals surface area contributed by atoms with E-state index in [1.165, 1.54) is 5.56 Å². The Hall–Kier alpha value is -2.93. The maximum atomic E-state index is 13.1. The molecule has 2 saturated heterocycles. The topological polar surface area (TPSA) is 83.1 Å². The van der Waals surface area contributed by atoms with E-state index in [0.717, 1.165) is 74.4 Å². The third-order valence-corrected chi connectivity index (χ3v) is 6.74. The van der Waals surface area contributed by atoms with Gasteiger partial charge in [0.1, 0.15) is 5.82 Å². The minimum absolute atomic E-state index is 0.219. The average Bonchev–Trinajstić information content (AvgIpc) is 3.28. The molecule has 7 nitrogen and oxygen atoms in total. The summed E-state index contributed by atoms with van der Waals surface area (Å²) in [5.74, 6) is 1.50. The molecule has 7 heteroatoms. The zero-order valence-electron chi connectivity index (χ0n) is 18.4. The number of piperidine rings is 1. The summed E-state index contributed by atoms with van der Waals surface area (Å²) in [7, 11) is 0. The Morgan fingerprint density at radius 2 is 2.00 bits per heavy atom. The number of hydrogen-bond donors (Lipinski definition) is 2. The number of H-pyrrole nitrogens is 1. The van der Waals surface area contributed by atoms with Gasteiger partial charge in [0.15, 0.2) is 0 Å². The number of hydrogen-bond acceptors (Lipinski definition) is 5. The molecule has 2 aromatic heterocycles. The van der Waals surface area contributed by atoms with Crippen molar-refractivity contribution in [3.63, 3.8) is 0 Å². The third kappa shape index (κ3) is 4.63. The molecule has 32 heavy (non-hydrogen) atoms. The number of aromatic nitrogens is 3. The van der Waals surface area contributed by atoms with Gasteiger partial charge in [0.2, 0.25) is 5.91 Å². The van der Waals surface area contributed by atoms with E-state index in [1.807, 2.05) is 17.0 Å². The Kier molecular flexibility index (Phi) is 6.34. The largest absolute Gasteiger partial charge is 0.381 e. The summed E-state index contributed by atoms with van der Waals surface area (Å²) in [5.41, 5.74) is 3.20. The number of aryl methyl sites for hydroxylation is 1. The molecule has 2 N–H and O–H groups in total. The Morgan fingerprint density at radius 1 is 1.16 bits per heavy atom. The number of benzene rings is 1. The summed E-state index contributed by atoms with van der Waals surface area (Å²) in [6, 6.07) is 12.8. The molecule has 1 aromatic carbocycles. The number of nitrogens with zero attached hydrogens (tertiary/aromatic N) is 3. The van der Waals surface area contributed by atoms with Crippen LogP contribution < -0.4 is 5.32 Å². The number of amides is 1. The molecule has 0 saturated carbocycles. The molecule has 4 heterocycles. The molecule has 2 aliphatic heterocycles. The lowest BCUT2D eigenvalue weighted by Crippen LogP contribution is -2.39. The van der Waals surface area contributed by atoms with Gasteiger partial charge in [-0.1, -0.05) is 30.3 Å². The number of ether oxygens (including phenoxy) is 1. The monoisotopic (exact) mass is 433 g/mol. The maximum absolute atomic E-state index is 13.1. The van der Waals surface area contributed by atoms with Gasteiger partial charge < -0.3 is 15.0 Å². The molecule has 0 radical (unpaired) electrons. The minimum Gasteiger partial charge on any atom is -0.381 e. The first kappa shape index (κ1) is 20.9. The number of nitrogens with one attached hydrogen (secondary N) is 2. The van der Waals surface area contributed by atoms with Crippen LogP contribution in [-0.2, 0) is 16.0 Å². The lowest BCUT2D eigenvalue weighted by Gasteiger charge is -2.33. The van der Waals surface area contributed by atoms with Gasteiger partial charge in [-0.15, -0.1) is 0 Å². The molecule has 0 aliphatic carbocycles. The van der Waals surface area contributed by atoms with Crippen LogP contribution in [0.4, 0.5) is 5.82 Å². The highest BCUT2D eigenvalue weighted by Crippen LogP contribution is 2.28. The van der Waals surface area contributed by atoms with E-state index in [1.54, 1.807) is 6.20 Å². The summed E-state index contributed by atoms with van der Waals surface area (Å²) in [6.45, 7) is 3.22. The van der Waals surface area contributed by atoms with Crippen molar-refractivity contribution in [3.8, 4) is 0 Å². The normalized spacial score (nSPS) is 19.9. The smallest absolute Gasteiger partial charge is 0.222 e. The van der Waals surface area contributed by atoms with Crippen LogP contribution in [0.2, 0.25) is 0 Å². The Labute approximate surface area is 188 Å². The van der Waals surface area contributed by atoms with Crippen molar-refractivity contribution in [2.75, 3.05) is 31.6 Å². The zero-order chi connectivity index (χ0) is 21.8. The number of anilines is 1. The standard InChI is InChI=1S/C25H31N5O2/c31-23(30-14-4-7-19(17-30)18-5-2-1-3-6-18)9-8-21-24-22(29-28-21)10-13-26-25(24)27-20-11-15-32-16-12-20/h1-3,5-6,10,13,19-20H,4,7-9,11-12,14-17H2,(H,26,27)(H,28,29)/t19-/m0/s1. The first-order chi connectivity index (χ1) is 15.8. The summed E-state index contributed by atoms with van der Waals surface area (Å²) in [6.07, 6.45) is 7.05. The second-order valence-electron chi connectivity index (χ2n) is 8.88. The molecular formula is C25H31N5O2. The fourth-order valence-electron chi connectivity index (χ4n) is 4.94. The lowest BCUT2D eigenvalue weighted by molar-refractivity contribution is -0.132. The van der Waals surface area contributed by atoms with Gasteiger partial charge in [0, 0.05) is 56.6 Å². The second-order valence-corrected chi connectivity index (χ2v) is 8.88. The second kappa shape index (κ2) is 9.69. The molecule has 1 amide bonds. The van der Waals surface area contributed by atoms with Gasteiger partial charge in [-0.2, -0.15) is 5.10 Å². The van der Waals surface area contributed by atoms with E-state index in [2.05, 4.69) is 44.8 Å². The number of aromatic amines is 1. The third-order valence-electron chi connectivity index (χ3n) is 6.74. The maximum Gasteiger partial charge on any atom is 0.222 e. The van der Waals surface area contributed by atoms with Crippen LogP contribution in [0.1, 0.15) is 49.3 Å². The molecule has 1 atom stereocenters. The summed E-state index contributed by atoms with van der Waals surface area (Å²) >= 11 is 0. The van der Waals surface area contributed by atoms with Crippen LogP contribution in [0, 0.1) is 0 Å². The summed E-state index contributed by atoms with van der Waals surface area (Å²) in [5, 5.41) is 12.2. The Morgan fingerprint density at radius 3 is 2.84 bits per heavy atom. The SMILES string of the molecule is O=C(CCc1[nH]nc2ccnc(NC3CCOCC3)c12)N1CCC[C@H](c2ccccc2)C1. The number of likely N-dealkylation sites (tertiary alicyclic amines) is 1. The molecule has 5 rings (SSSR count). The van der Waals surface area contributed by atoms with Crippen molar-refractivity contribution in [2.24, 2.45) is 0 Å². The van der Waals surface area contributed by atoms with Crippen molar-refractivity contribution in [2.45, 2.75) is 50.5 Å². The number of rotatable bonds is 6. The fraction of sp³-hybridized carbons (Fsp3) is 0.480. The first-order valence-corrected chi connectivity index (χ1v) is 11.8. The van der Waals surface area contributed by atoms with E-state index in [9.17, 15) is 4.79 Å². The first-order valence-electron chi connectivity index (χ1n) is 11.8. The molecule has 0 spiro atoms. The van der Waals surface area contributed by atoms with Crippen LogP contribution in [0.25, 0.3) is 10.9 Å². The average molecular weight is 434 g/mol. The Bertz CT molecular complexity index is 1040. The van der Waals surface area contributed by atoms with Crippen LogP contribution in [0.3, 0.4) is 0 Å². The van der Waals surface area contributed by atoms with Crippen molar-refractivity contribution in [1.82, 2.24) is 20.1 Å². The molecule has 3 aromatic rings. The van der Waals surface area contributed by atoms with Gasteiger partial charge in [-0.3, -0.25) is 9.89 Å².